The van der Waals surface area contributed by atoms with Gasteiger partial charge < -0.3 is 15.5 Å². The predicted molar refractivity (Wildman–Crippen MR) is 93.2 cm³/mol. The molecule has 25 heavy (non-hydrogen) atoms. The maximum Gasteiger partial charge on any atom is 0.277 e. The van der Waals surface area contributed by atoms with E-state index in [2.05, 4.69) is 9.88 Å². The summed E-state index contributed by atoms with van der Waals surface area (Å²) in [7, 11) is 0. The van der Waals surface area contributed by atoms with E-state index in [1.807, 2.05) is 4.90 Å². The highest BCUT2D eigenvalue weighted by molar-refractivity contribution is 7.11. The average Bonchev–Trinajstić information content (AvgIpc) is 3.27. The molecule has 1 aromatic rings. The second-order valence-corrected chi connectivity index (χ2v) is 7.29. The number of nitrogens with zero attached hydrogens (tertiary/aromatic N) is 4. The van der Waals surface area contributed by atoms with Crippen LogP contribution in [0.2, 0.25) is 0 Å². The lowest BCUT2D eigenvalue weighted by atomic mass is 10.2. The molecule has 3 amide bonds. The minimum Gasteiger partial charge on any atom is -0.364 e. The Kier molecular flexibility index (Phi) is 5.64. The Morgan fingerprint density at radius 2 is 1.64 bits per heavy atom. The molecule has 9 heteroatoms. The van der Waals surface area contributed by atoms with Gasteiger partial charge in [0.15, 0.2) is 5.01 Å². The van der Waals surface area contributed by atoms with Crippen LogP contribution in [0.5, 0.6) is 0 Å². The number of amides is 3. The van der Waals surface area contributed by atoms with Crippen LogP contribution < -0.4 is 5.73 Å². The summed E-state index contributed by atoms with van der Waals surface area (Å²) >= 11 is 1.16. The Morgan fingerprint density at radius 1 is 1.00 bits per heavy atom. The van der Waals surface area contributed by atoms with Crippen LogP contribution in [-0.4, -0.2) is 83.2 Å². The first kappa shape index (κ1) is 17.8. The molecule has 0 spiro atoms. The molecule has 0 atom stereocenters. The number of hydrogen-bond donors (Lipinski definition) is 1. The second kappa shape index (κ2) is 7.92. The van der Waals surface area contributed by atoms with Gasteiger partial charge in [0.05, 0.1) is 18.7 Å². The van der Waals surface area contributed by atoms with Gasteiger partial charge in [0.25, 0.3) is 5.91 Å². The third kappa shape index (κ3) is 4.55. The van der Waals surface area contributed by atoms with Gasteiger partial charge in [0.1, 0.15) is 0 Å². The van der Waals surface area contributed by atoms with Crippen LogP contribution in [-0.2, 0) is 16.0 Å². The first-order valence-electron chi connectivity index (χ1n) is 8.55. The standard InChI is InChI=1S/C16H23N5O3S/c17-15(24)16-18-12(11-25-16)9-13(22)21-7-5-19(6-8-21)10-14(23)20-3-1-2-4-20/h11H,1-10H2,(H2,17,24). The Balaban J connectivity index is 1.44. The first-order chi connectivity index (χ1) is 12.0. The van der Waals surface area contributed by atoms with Crippen molar-refractivity contribution in [1.82, 2.24) is 19.7 Å². The molecule has 0 radical (unpaired) electrons. The maximum absolute atomic E-state index is 12.4. The zero-order valence-corrected chi connectivity index (χ0v) is 15.0. The maximum atomic E-state index is 12.4. The van der Waals surface area contributed by atoms with E-state index in [4.69, 9.17) is 5.73 Å². The molecule has 0 aromatic carbocycles. The van der Waals surface area contributed by atoms with Crippen molar-refractivity contribution < 1.29 is 14.4 Å². The number of piperazine rings is 1. The van der Waals surface area contributed by atoms with Gasteiger partial charge in [-0.05, 0) is 12.8 Å². The molecule has 2 aliphatic rings. The normalized spacial score (nSPS) is 18.6. The smallest absolute Gasteiger partial charge is 0.277 e. The number of rotatable bonds is 5. The highest BCUT2D eigenvalue weighted by Crippen LogP contribution is 2.12. The summed E-state index contributed by atoms with van der Waals surface area (Å²) in [6.07, 6.45) is 2.38. The lowest BCUT2D eigenvalue weighted by molar-refractivity contribution is -0.134. The summed E-state index contributed by atoms with van der Waals surface area (Å²) in [5.74, 6) is -0.384. The van der Waals surface area contributed by atoms with Crippen LogP contribution in [0.3, 0.4) is 0 Å². The summed E-state index contributed by atoms with van der Waals surface area (Å²) < 4.78 is 0. The van der Waals surface area contributed by atoms with Crippen molar-refractivity contribution in [2.75, 3.05) is 45.8 Å². The molecular formula is C16H23N5O3S. The zero-order valence-electron chi connectivity index (χ0n) is 14.1. The summed E-state index contributed by atoms with van der Waals surface area (Å²) in [5.41, 5.74) is 5.76. The van der Waals surface area contributed by atoms with E-state index < -0.39 is 5.91 Å². The fraction of sp³-hybridized carbons (Fsp3) is 0.625. The van der Waals surface area contributed by atoms with E-state index in [0.717, 1.165) is 37.3 Å². The van der Waals surface area contributed by atoms with Crippen LogP contribution in [0.4, 0.5) is 0 Å². The highest BCUT2D eigenvalue weighted by Gasteiger charge is 2.25. The summed E-state index contributed by atoms with van der Waals surface area (Å²) in [4.78, 5) is 45.5. The van der Waals surface area contributed by atoms with Crippen molar-refractivity contribution in [2.24, 2.45) is 5.73 Å². The van der Waals surface area contributed by atoms with E-state index in [9.17, 15) is 14.4 Å². The Morgan fingerprint density at radius 3 is 2.24 bits per heavy atom. The summed E-state index contributed by atoms with van der Waals surface area (Å²) in [6, 6.07) is 0. The minimum atomic E-state index is -0.569. The van der Waals surface area contributed by atoms with Gasteiger partial charge >= 0.3 is 0 Å². The van der Waals surface area contributed by atoms with Gasteiger partial charge in [-0.3, -0.25) is 19.3 Å². The van der Waals surface area contributed by atoms with E-state index in [-0.39, 0.29) is 23.2 Å². The molecule has 3 rings (SSSR count). The van der Waals surface area contributed by atoms with Crippen LogP contribution >= 0.6 is 11.3 Å². The van der Waals surface area contributed by atoms with Gasteiger partial charge in [-0.25, -0.2) is 4.98 Å². The van der Waals surface area contributed by atoms with Gasteiger partial charge in [-0.2, -0.15) is 0 Å². The number of thiazole rings is 1. The molecule has 2 aliphatic heterocycles. The molecule has 3 heterocycles. The zero-order chi connectivity index (χ0) is 17.8. The SMILES string of the molecule is NC(=O)c1nc(CC(=O)N2CCN(CC(=O)N3CCCC3)CC2)cs1. The highest BCUT2D eigenvalue weighted by atomic mass is 32.1. The van der Waals surface area contributed by atoms with E-state index in [0.29, 0.717) is 38.4 Å². The van der Waals surface area contributed by atoms with Gasteiger partial charge in [0, 0.05) is 44.6 Å². The Bertz CT molecular complexity index is 648. The summed E-state index contributed by atoms with van der Waals surface area (Å²) in [5, 5.41) is 1.93. The molecule has 0 aliphatic carbocycles. The Hall–Kier alpha value is -2.00. The average molecular weight is 365 g/mol. The number of carbonyl (C=O) groups is 3. The van der Waals surface area contributed by atoms with Crippen molar-refractivity contribution in [2.45, 2.75) is 19.3 Å². The van der Waals surface area contributed by atoms with Crippen molar-refractivity contribution in [3.8, 4) is 0 Å². The molecule has 136 valence electrons. The first-order valence-corrected chi connectivity index (χ1v) is 9.43. The van der Waals surface area contributed by atoms with Crippen molar-refractivity contribution in [3.63, 3.8) is 0 Å². The molecule has 2 saturated heterocycles. The molecule has 2 N–H and O–H groups in total. The van der Waals surface area contributed by atoms with Crippen LogP contribution in [0.25, 0.3) is 0 Å². The number of likely N-dealkylation sites (tertiary alicyclic amines) is 1. The number of nitrogens with two attached hydrogens (primary N) is 1. The van der Waals surface area contributed by atoms with Gasteiger partial charge in [-0.15, -0.1) is 11.3 Å². The van der Waals surface area contributed by atoms with E-state index >= 15 is 0 Å². The second-order valence-electron chi connectivity index (χ2n) is 6.43. The van der Waals surface area contributed by atoms with E-state index in [1.165, 1.54) is 0 Å². The number of aromatic nitrogens is 1. The number of hydrogen-bond acceptors (Lipinski definition) is 6. The lowest BCUT2D eigenvalue weighted by Crippen LogP contribution is -2.51. The molecule has 0 bridgehead atoms. The predicted octanol–water partition coefficient (Wildman–Crippen LogP) is -0.449. The van der Waals surface area contributed by atoms with Crippen molar-refractivity contribution >= 4 is 29.1 Å². The van der Waals surface area contributed by atoms with Crippen molar-refractivity contribution in [3.05, 3.63) is 16.1 Å². The topological polar surface area (TPSA) is 99.8 Å². The molecular weight excluding hydrogens is 342 g/mol. The third-order valence-electron chi connectivity index (χ3n) is 4.64. The minimum absolute atomic E-state index is 0.00756. The third-order valence-corrected chi connectivity index (χ3v) is 5.54. The molecule has 0 saturated carbocycles. The Labute approximate surface area is 150 Å². The lowest BCUT2D eigenvalue weighted by Gasteiger charge is -2.35. The van der Waals surface area contributed by atoms with Crippen LogP contribution in [0.15, 0.2) is 5.38 Å². The quantitative estimate of drug-likeness (QED) is 0.762. The largest absolute Gasteiger partial charge is 0.364 e. The molecule has 2 fully saturated rings. The van der Waals surface area contributed by atoms with Gasteiger partial charge in [0.2, 0.25) is 11.8 Å². The van der Waals surface area contributed by atoms with E-state index in [1.54, 1.807) is 10.3 Å². The van der Waals surface area contributed by atoms with Crippen LogP contribution in [0.1, 0.15) is 28.3 Å². The molecule has 0 unspecified atom stereocenters. The molecule has 8 nitrogen and oxygen atoms in total. The molecule has 1 aromatic heterocycles. The number of primary amides is 1. The fourth-order valence-corrected chi connectivity index (χ4v) is 3.85. The fourth-order valence-electron chi connectivity index (χ4n) is 3.18. The van der Waals surface area contributed by atoms with Crippen molar-refractivity contribution in [1.29, 1.82) is 0 Å². The number of carbonyl (C=O) groups excluding carboxylic acids is 3. The van der Waals surface area contributed by atoms with Gasteiger partial charge in [-0.1, -0.05) is 0 Å². The monoisotopic (exact) mass is 365 g/mol. The summed E-state index contributed by atoms with van der Waals surface area (Å²) in [6.45, 7) is 4.81. The van der Waals surface area contributed by atoms with Crippen LogP contribution in [0, 0.1) is 0 Å².